The first-order chi connectivity index (χ1) is 12.8. The summed E-state index contributed by atoms with van der Waals surface area (Å²) in [6.45, 7) is 2.36. The molecule has 7 nitrogen and oxygen atoms in total. The minimum atomic E-state index is -0.971. The van der Waals surface area contributed by atoms with Crippen LogP contribution in [0.25, 0.3) is 0 Å². The molecule has 2 aromatic rings. The van der Waals surface area contributed by atoms with E-state index in [0.717, 1.165) is 17.7 Å². The van der Waals surface area contributed by atoms with Gasteiger partial charge in [0.25, 0.3) is 5.91 Å². The predicted molar refractivity (Wildman–Crippen MR) is 101 cm³/mol. The van der Waals surface area contributed by atoms with Crippen molar-refractivity contribution in [2.24, 2.45) is 5.73 Å². The van der Waals surface area contributed by atoms with Gasteiger partial charge < -0.3 is 21.5 Å². The maximum atomic E-state index is 14.2. The fourth-order valence-corrected chi connectivity index (χ4v) is 4.16. The molecule has 2 atom stereocenters. The van der Waals surface area contributed by atoms with Crippen LogP contribution in [0.4, 0.5) is 15.9 Å². The Kier molecular flexibility index (Phi) is 4.10. The van der Waals surface area contributed by atoms with E-state index in [2.05, 4.69) is 10.4 Å². The van der Waals surface area contributed by atoms with Gasteiger partial charge in [0.05, 0.1) is 23.9 Å². The average molecular weight is 373 g/mol. The molecule has 27 heavy (non-hydrogen) atoms. The molecule has 1 aliphatic heterocycles. The summed E-state index contributed by atoms with van der Waals surface area (Å²) in [6, 6.07) is 2.73. The molecular weight excluding hydrogens is 349 g/mol. The highest BCUT2D eigenvalue weighted by atomic mass is 19.1. The second kappa shape index (κ2) is 6.23. The lowest BCUT2D eigenvalue weighted by molar-refractivity contribution is 0.0785. The molecule has 8 heteroatoms. The largest absolute Gasteiger partial charge is 0.494 e. The summed E-state index contributed by atoms with van der Waals surface area (Å²) in [4.78, 5) is 13.5. The second-order valence-electron chi connectivity index (χ2n) is 7.57. The number of halogens is 1. The van der Waals surface area contributed by atoms with Gasteiger partial charge in [-0.15, -0.1) is 0 Å². The van der Waals surface area contributed by atoms with E-state index < -0.39 is 11.2 Å². The van der Waals surface area contributed by atoms with Crippen molar-refractivity contribution in [2.75, 3.05) is 24.7 Å². The normalized spacial score (nSPS) is 23.9. The number of nitrogens with two attached hydrogens (primary N) is 2. The zero-order chi connectivity index (χ0) is 19.3. The molecule has 5 N–H and O–H groups in total. The standard InChI is InChI=1S/C19H24FN5O2/c1-19(5-6-23-16-13(19)7-10(20)8-15(16)27-2)18(26)25-17(22)12-9-11(21)3-4-14(12)24-25/h7-8,11,23H,3-6,9,21-22H2,1-2H3. The van der Waals surface area contributed by atoms with Gasteiger partial charge >= 0.3 is 0 Å². The Labute approximate surface area is 156 Å². The Morgan fingerprint density at radius 1 is 1.48 bits per heavy atom. The van der Waals surface area contributed by atoms with Crippen molar-refractivity contribution in [2.45, 2.75) is 44.1 Å². The highest BCUT2D eigenvalue weighted by Gasteiger charge is 2.43. The van der Waals surface area contributed by atoms with Crippen LogP contribution in [-0.2, 0) is 18.3 Å². The number of nitrogens with one attached hydrogen (secondary N) is 1. The maximum Gasteiger partial charge on any atom is 0.259 e. The van der Waals surface area contributed by atoms with E-state index >= 15 is 0 Å². The number of carbonyl (C=O) groups excluding carboxylic acids is 1. The van der Waals surface area contributed by atoms with Gasteiger partial charge in [-0.1, -0.05) is 0 Å². The first-order valence-corrected chi connectivity index (χ1v) is 9.13. The second-order valence-corrected chi connectivity index (χ2v) is 7.57. The van der Waals surface area contributed by atoms with Crippen LogP contribution in [0.15, 0.2) is 12.1 Å². The molecular formula is C19H24FN5O2. The summed E-state index contributed by atoms with van der Waals surface area (Å²) >= 11 is 0. The van der Waals surface area contributed by atoms with Crippen LogP contribution in [0.3, 0.4) is 0 Å². The van der Waals surface area contributed by atoms with Gasteiger partial charge in [0.15, 0.2) is 0 Å². The molecule has 1 aliphatic carbocycles. The number of rotatable bonds is 2. The van der Waals surface area contributed by atoms with Gasteiger partial charge in [0, 0.05) is 24.2 Å². The van der Waals surface area contributed by atoms with E-state index in [9.17, 15) is 9.18 Å². The lowest BCUT2D eigenvalue weighted by atomic mass is 9.75. The zero-order valence-corrected chi connectivity index (χ0v) is 15.5. The van der Waals surface area contributed by atoms with Crippen LogP contribution in [0, 0.1) is 5.82 Å². The van der Waals surface area contributed by atoms with Gasteiger partial charge in [-0.2, -0.15) is 9.78 Å². The molecule has 0 amide bonds. The van der Waals surface area contributed by atoms with Gasteiger partial charge in [-0.25, -0.2) is 4.39 Å². The lowest BCUT2D eigenvalue weighted by Gasteiger charge is -2.35. The molecule has 2 aliphatic rings. The van der Waals surface area contributed by atoms with E-state index in [1.165, 1.54) is 23.9 Å². The van der Waals surface area contributed by atoms with E-state index in [-0.39, 0.29) is 11.9 Å². The van der Waals surface area contributed by atoms with Crippen LogP contribution in [0.1, 0.15) is 41.4 Å². The molecule has 2 unspecified atom stereocenters. The first-order valence-electron chi connectivity index (χ1n) is 9.13. The van der Waals surface area contributed by atoms with Crippen molar-refractivity contribution in [3.63, 3.8) is 0 Å². The molecule has 0 spiro atoms. The van der Waals surface area contributed by atoms with Crippen molar-refractivity contribution in [1.82, 2.24) is 9.78 Å². The number of carbonyl (C=O) groups is 1. The Bertz CT molecular complexity index is 925. The summed E-state index contributed by atoms with van der Waals surface area (Å²) in [5.41, 5.74) is 14.2. The van der Waals surface area contributed by atoms with Crippen LogP contribution < -0.4 is 21.5 Å². The van der Waals surface area contributed by atoms with Crippen molar-refractivity contribution in [1.29, 1.82) is 0 Å². The van der Waals surface area contributed by atoms with Gasteiger partial charge in [-0.05, 0) is 44.2 Å². The third kappa shape index (κ3) is 2.66. The number of benzene rings is 1. The molecule has 0 saturated carbocycles. The smallest absolute Gasteiger partial charge is 0.259 e. The van der Waals surface area contributed by atoms with Gasteiger partial charge in [0.2, 0.25) is 0 Å². The number of aryl methyl sites for hydroxylation is 1. The molecule has 0 saturated heterocycles. The van der Waals surface area contributed by atoms with E-state index in [1.54, 1.807) is 6.92 Å². The highest BCUT2D eigenvalue weighted by molar-refractivity contribution is 5.94. The van der Waals surface area contributed by atoms with Gasteiger partial charge in [0.1, 0.15) is 17.4 Å². The molecule has 0 bridgehead atoms. The molecule has 0 radical (unpaired) electrons. The van der Waals surface area contributed by atoms with E-state index in [0.29, 0.717) is 48.6 Å². The highest BCUT2D eigenvalue weighted by Crippen LogP contribution is 2.44. The Balaban J connectivity index is 1.81. The van der Waals surface area contributed by atoms with Crippen molar-refractivity contribution >= 4 is 17.4 Å². The number of methoxy groups -OCH3 is 1. The fraction of sp³-hybridized carbons (Fsp3) is 0.474. The van der Waals surface area contributed by atoms with Crippen LogP contribution in [0.2, 0.25) is 0 Å². The third-order valence-electron chi connectivity index (χ3n) is 5.80. The number of hydrogen-bond donors (Lipinski definition) is 3. The van der Waals surface area contributed by atoms with Crippen molar-refractivity contribution in [3.05, 3.63) is 34.8 Å². The Morgan fingerprint density at radius 2 is 2.26 bits per heavy atom. The molecule has 144 valence electrons. The van der Waals surface area contributed by atoms with Gasteiger partial charge in [-0.3, -0.25) is 4.79 Å². The SMILES string of the molecule is COc1cc(F)cc2c1NCCC2(C)C(=O)n1nc2c(c1N)CC(N)CC2. The summed E-state index contributed by atoms with van der Waals surface area (Å²) in [7, 11) is 1.48. The predicted octanol–water partition coefficient (Wildman–Crippen LogP) is 1.84. The molecule has 4 rings (SSSR count). The molecule has 1 aromatic carbocycles. The summed E-state index contributed by atoms with van der Waals surface area (Å²) in [6.07, 6.45) is 2.64. The molecule has 0 fully saturated rings. The van der Waals surface area contributed by atoms with E-state index in [1.807, 2.05) is 0 Å². The minimum Gasteiger partial charge on any atom is -0.494 e. The molecule has 2 heterocycles. The third-order valence-corrected chi connectivity index (χ3v) is 5.80. The van der Waals surface area contributed by atoms with Crippen LogP contribution in [0.5, 0.6) is 5.75 Å². The monoisotopic (exact) mass is 373 g/mol. The number of hydrogen-bond acceptors (Lipinski definition) is 6. The summed E-state index contributed by atoms with van der Waals surface area (Å²) < 4.78 is 20.8. The van der Waals surface area contributed by atoms with Crippen molar-refractivity contribution < 1.29 is 13.9 Å². The zero-order valence-electron chi connectivity index (χ0n) is 15.5. The number of ether oxygens (including phenoxy) is 1. The number of aromatic nitrogens is 2. The quantitative estimate of drug-likeness (QED) is 0.741. The van der Waals surface area contributed by atoms with Crippen LogP contribution >= 0.6 is 0 Å². The first kappa shape index (κ1) is 17.8. The van der Waals surface area contributed by atoms with Crippen LogP contribution in [-0.4, -0.2) is 35.4 Å². The van der Waals surface area contributed by atoms with Crippen molar-refractivity contribution in [3.8, 4) is 5.75 Å². The Hall–Kier alpha value is -2.61. The topological polar surface area (TPSA) is 108 Å². The number of fused-ring (bicyclic) bond motifs is 2. The number of anilines is 2. The number of nitrogen functional groups attached to an aromatic ring is 1. The Morgan fingerprint density at radius 3 is 3.00 bits per heavy atom. The maximum absolute atomic E-state index is 14.2. The lowest BCUT2D eigenvalue weighted by Crippen LogP contribution is -2.42. The fourth-order valence-electron chi connectivity index (χ4n) is 4.16. The van der Waals surface area contributed by atoms with E-state index in [4.69, 9.17) is 16.2 Å². The molecule has 1 aromatic heterocycles. The minimum absolute atomic E-state index is 0.0288. The average Bonchev–Trinajstić information content (AvgIpc) is 2.97. The summed E-state index contributed by atoms with van der Waals surface area (Å²) in [5, 5.41) is 7.70. The summed E-state index contributed by atoms with van der Waals surface area (Å²) in [5.74, 6) is 0.00246. The number of nitrogens with zero attached hydrogens (tertiary/aromatic N) is 2.